The van der Waals surface area contributed by atoms with Gasteiger partial charge in [0.2, 0.25) is 0 Å². The summed E-state index contributed by atoms with van der Waals surface area (Å²) in [6.07, 6.45) is 7.23. The van der Waals surface area contributed by atoms with Crippen LogP contribution in [0.1, 0.15) is 26.2 Å². The third-order valence-electron chi connectivity index (χ3n) is 3.38. The van der Waals surface area contributed by atoms with Gasteiger partial charge in [-0.05, 0) is 37.4 Å². The quantitative estimate of drug-likeness (QED) is 0.618. The molecule has 0 amide bonds. The zero-order valence-corrected chi connectivity index (χ0v) is 9.84. The first kappa shape index (κ1) is 10.1. The highest BCUT2D eigenvalue weighted by atomic mass is 31.2. The third-order valence-corrected chi connectivity index (χ3v) is 7.92. The smallest absolute Gasteiger partial charge is 0.0248 e. The van der Waals surface area contributed by atoms with Gasteiger partial charge in [-0.2, -0.15) is 0 Å². The fraction of sp³-hybridized carbons (Fsp3) is 0.462. The van der Waals surface area contributed by atoms with Gasteiger partial charge in [-0.25, -0.2) is 0 Å². The molecular formula is C13H19P. The van der Waals surface area contributed by atoms with Gasteiger partial charge in [0.1, 0.15) is 0 Å². The Kier molecular flexibility index (Phi) is 3.13. The van der Waals surface area contributed by atoms with E-state index in [9.17, 15) is 0 Å². The molecule has 0 aliphatic carbocycles. The van der Waals surface area contributed by atoms with Crippen LogP contribution in [0, 0.1) is 0 Å². The van der Waals surface area contributed by atoms with Gasteiger partial charge in [0.25, 0.3) is 0 Å². The van der Waals surface area contributed by atoms with Crippen molar-refractivity contribution in [3.63, 3.8) is 0 Å². The predicted molar refractivity (Wildman–Crippen MR) is 68.3 cm³/mol. The van der Waals surface area contributed by atoms with Crippen molar-refractivity contribution >= 4 is 18.0 Å². The van der Waals surface area contributed by atoms with E-state index in [-0.39, 0.29) is 0 Å². The van der Waals surface area contributed by atoms with E-state index in [4.69, 9.17) is 0 Å². The molecule has 0 N–H and O–H groups in total. The summed E-state index contributed by atoms with van der Waals surface area (Å²) in [5, 5.41) is 1.63. The van der Waals surface area contributed by atoms with E-state index >= 15 is 0 Å². The molecule has 0 radical (unpaired) electrons. The number of benzene rings is 1. The van der Waals surface area contributed by atoms with Crippen molar-refractivity contribution in [1.29, 1.82) is 0 Å². The Balaban J connectivity index is 2.38. The SMILES string of the molecule is CC=P1(c2ccccc2)CCCCC1. The lowest BCUT2D eigenvalue weighted by molar-refractivity contribution is 0.754. The molecule has 14 heavy (non-hydrogen) atoms. The standard InChI is InChI=1S/C13H19P/c1-2-14(11-7-4-8-12-14)13-9-5-3-6-10-13/h2-3,5-6,9-10H,4,7-8,11-12H2,1H3. The van der Waals surface area contributed by atoms with Gasteiger partial charge in [0.05, 0.1) is 0 Å². The zero-order chi connectivity index (χ0) is 9.86. The van der Waals surface area contributed by atoms with Gasteiger partial charge in [-0.3, -0.25) is 0 Å². The van der Waals surface area contributed by atoms with Crippen molar-refractivity contribution in [2.45, 2.75) is 26.2 Å². The summed E-state index contributed by atoms with van der Waals surface area (Å²) in [7, 11) is 0. The van der Waals surface area contributed by atoms with Crippen molar-refractivity contribution < 1.29 is 0 Å². The molecule has 1 aromatic carbocycles. The van der Waals surface area contributed by atoms with Gasteiger partial charge >= 0.3 is 0 Å². The topological polar surface area (TPSA) is 0 Å². The molecule has 1 aromatic rings. The second kappa shape index (κ2) is 4.36. The van der Waals surface area contributed by atoms with E-state index in [1.54, 1.807) is 5.30 Å². The molecule has 0 spiro atoms. The van der Waals surface area contributed by atoms with Gasteiger partial charge in [-0.1, -0.05) is 49.4 Å². The first-order valence-electron chi connectivity index (χ1n) is 5.60. The monoisotopic (exact) mass is 206 g/mol. The van der Waals surface area contributed by atoms with Crippen LogP contribution in [0.5, 0.6) is 0 Å². The molecule has 0 nitrogen and oxygen atoms in total. The average molecular weight is 206 g/mol. The lowest BCUT2D eigenvalue weighted by atomic mass is 10.3. The van der Waals surface area contributed by atoms with Gasteiger partial charge in [0, 0.05) is 0 Å². The molecule has 1 fully saturated rings. The normalized spacial score (nSPS) is 20.4. The summed E-state index contributed by atoms with van der Waals surface area (Å²) < 4.78 is 0. The van der Waals surface area contributed by atoms with Crippen LogP contribution in [0.25, 0.3) is 0 Å². The Morgan fingerprint density at radius 1 is 1.00 bits per heavy atom. The molecule has 1 aliphatic rings. The molecule has 0 bridgehead atoms. The highest BCUT2D eigenvalue weighted by Crippen LogP contribution is 2.49. The van der Waals surface area contributed by atoms with Crippen LogP contribution < -0.4 is 5.30 Å². The number of rotatable bonds is 1. The van der Waals surface area contributed by atoms with E-state index in [0.29, 0.717) is 0 Å². The second-order valence-electron chi connectivity index (χ2n) is 4.14. The third kappa shape index (κ3) is 1.81. The van der Waals surface area contributed by atoms with Crippen molar-refractivity contribution in [2.75, 3.05) is 12.3 Å². The van der Waals surface area contributed by atoms with Gasteiger partial charge in [0.15, 0.2) is 0 Å². The maximum atomic E-state index is 2.53. The minimum absolute atomic E-state index is 0.849. The largest absolute Gasteiger partial charge is 0.0852 e. The van der Waals surface area contributed by atoms with Crippen LogP contribution in [-0.4, -0.2) is 18.1 Å². The minimum Gasteiger partial charge on any atom is -0.0852 e. The van der Waals surface area contributed by atoms with Crippen molar-refractivity contribution in [3.05, 3.63) is 30.3 Å². The first-order valence-corrected chi connectivity index (χ1v) is 7.83. The minimum atomic E-state index is -0.849. The van der Waals surface area contributed by atoms with Crippen molar-refractivity contribution in [1.82, 2.24) is 0 Å². The Labute approximate surface area is 87.3 Å². The lowest BCUT2D eigenvalue weighted by Gasteiger charge is -2.30. The maximum Gasteiger partial charge on any atom is -0.0248 e. The van der Waals surface area contributed by atoms with Gasteiger partial charge < -0.3 is 0 Å². The molecular weight excluding hydrogens is 187 g/mol. The average Bonchev–Trinajstić information content (AvgIpc) is 2.31. The molecule has 0 saturated carbocycles. The Bertz CT molecular complexity index is 328. The van der Waals surface area contributed by atoms with E-state index in [1.165, 1.54) is 31.6 Å². The van der Waals surface area contributed by atoms with Gasteiger partial charge in [-0.15, -0.1) is 0 Å². The highest BCUT2D eigenvalue weighted by Gasteiger charge is 2.20. The molecule has 1 aliphatic heterocycles. The fourth-order valence-corrected chi connectivity index (χ4v) is 6.36. The van der Waals surface area contributed by atoms with Crippen LogP contribution in [0.3, 0.4) is 0 Å². The molecule has 0 unspecified atom stereocenters. The predicted octanol–water partition coefficient (Wildman–Crippen LogP) is 3.34. The molecule has 1 heteroatoms. The summed E-state index contributed by atoms with van der Waals surface area (Å²) in [4.78, 5) is 0. The van der Waals surface area contributed by atoms with E-state index < -0.39 is 6.89 Å². The molecule has 2 rings (SSSR count). The van der Waals surface area contributed by atoms with Crippen molar-refractivity contribution in [3.8, 4) is 0 Å². The Hall–Kier alpha value is -0.480. The molecule has 76 valence electrons. The number of hydrogen-bond donors (Lipinski definition) is 0. The first-order chi connectivity index (χ1) is 6.87. The van der Waals surface area contributed by atoms with E-state index in [1.807, 2.05) is 0 Å². The summed E-state index contributed by atoms with van der Waals surface area (Å²) in [5.74, 6) is 2.53. The van der Waals surface area contributed by atoms with Crippen LogP contribution in [0.4, 0.5) is 0 Å². The Morgan fingerprint density at radius 2 is 1.64 bits per heavy atom. The lowest BCUT2D eigenvalue weighted by Crippen LogP contribution is -2.16. The highest BCUT2D eigenvalue weighted by molar-refractivity contribution is 7.81. The molecule has 1 saturated heterocycles. The summed E-state index contributed by atoms with van der Waals surface area (Å²) in [6.45, 7) is 1.42. The van der Waals surface area contributed by atoms with Crippen LogP contribution >= 0.6 is 6.89 Å². The van der Waals surface area contributed by atoms with Crippen LogP contribution in [-0.2, 0) is 0 Å². The van der Waals surface area contributed by atoms with Crippen LogP contribution in [0.2, 0.25) is 0 Å². The molecule has 0 atom stereocenters. The van der Waals surface area contributed by atoms with Crippen LogP contribution in [0.15, 0.2) is 30.3 Å². The Morgan fingerprint density at radius 3 is 2.21 bits per heavy atom. The summed E-state index contributed by atoms with van der Waals surface area (Å²) in [5.41, 5.74) is 0. The van der Waals surface area contributed by atoms with Crippen molar-refractivity contribution in [2.24, 2.45) is 0 Å². The maximum absolute atomic E-state index is 2.53. The zero-order valence-electron chi connectivity index (χ0n) is 8.95. The summed E-state index contributed by atoms with van der Waals surface area (Å²) in [6, 6.07) is 11.2. The second-order valence-corrected chi connectivity index (χ2v) is 8.13. The van der Waals surface area contributed by atoms with E-state index in [0.717, 1.165) is 0 Å². The number of hydrogen-bond acceptors (Lipinski definition) is 0. The molecule has 0 aromatic heterocycles. The molecule has 1 heterocycles. The van der Waals surface area contributed by atoms with E-state index in [2.05, 4.69) is 43.1 Å². The summed E-state index contributed by atoms with van der Waals surface area (Å²) >= 11 is 0. The fourth-order valence-electron chi connectivity index (χ4n) is 2.47.